The van der Waals surface area contributed by atoms with Crippen LogP contribution in [0.2, 0.25) is 0 Å². The number of aldehydes is 1. The van der Waals surface area contributed by atoms with E-state index in [0.717, 1.165) is 19.1 Å². The fourth-order valence-electron chi connectivity index (χ4n) is 1.73. The Morgan fingerprint density at radius 3 is 2.92 bits per heavy atom. The van der Waals surface area contributed by atoms with E-state index >= 15 is 0 Å². The number of carbonyl (C=O) groups excluding carboxylic acids is 1. The van der Waals surface area contributed by atoms with Crippen molar-refractivity contribution in [1.29, 1.82) is 0 Å². The Bertz CT molecular complexity index is 302. The van der Waals surface area contributed by atoms with Gasteiger partial charge in [-0.25, -0.2) is 0 Å². The molecule has 1 radical (unpaired) electrons. The van der Waals surface area contributed by atoms with E-state index in [0.29, 0.717) is 5.56 Å². The number of aryl methyl sites for hydroxylation is 2. The van der Waals surface area contributed by atoms with Gasteiger partial charge in [-0.15, -0.1) is 0 Å². The van der Waals surface area contributed by atoms with Crippen molar-refractivity contribution in [2.45, 2.75) is 25.7 Å². The van der Waals surface area contributed by atoms with E-state index in [9.17, 15) is 4.79 Å². The number of fused-ring (bicyclic) bond motifs is 1. The van der Waals surface area contributed by atoms with Crippen LogP contribution in [0.15, 0.2) is 12.1 Å². The molecule has 0 amide bonds. The van der Waals surface area contributed by atoms with Gasteiger partial charge in [0.25, 0.3) is 0 Å². The van der Waals surface area contributed by atoms with Crippen molar-refractivity contribution in [2.24, 2.45) is 0 Å². The Morgan fingerprint density at radius 1 is 1.25 bits per heavy atom. The number of carbonyl (C=O) groups is 1. The smallest absolute Gasteiger partial charge is 0.150 e. The van der Waals surface area contributed by atoms with Crippen LogP contribution in [0.1, 0.15) is 34.3 Å². The first-order valence-electron chi connectivity index (χ1n) is 4.39. The molecule has 1 aliphatic rings. The second-order valence-electron chi connectivity index (χ2n) is 3.24. The van der Waals surface area contributed by atoms with E-state index in [1.807, 2.05) is 6.07 Å². The van der Waals surface area contributed by atoms with Crippen LogP contribution in [-0.2, 0) is 12.8 Å². The maximum Gasteiger partial charge on any atom is 0.150 e. The summed E-state index contributed by atoms with van der Waals surface area (Å²) in [6.07, 6.45) is 5.64. The molecule has 0 aromatic heterocycles. The fourth-order valence-corrected chi connectivity index (χ4v) is 1.73. The largest absolute Gasteiger partial charge is 0.298 e. The van der Waals surface area contributed by atoms with Crippen molar-refractivity contribution >= 4 is 6.29 Å². The molecular formula is C11H11O. The van der Waals surface area contributed by atoms with Crippen LogP contribution in [0.25, 0.3) is 0 Å². The quantitative estimate of drug-likeness (QED) is 0.574. The highest BCUT2D eigenvalue weighted by Crippen LogP contribution is 2.20. The lowest BCUT2D eigenvalue weighted by atomic mass is 9.91. The Hall–Kier alpha value is -1.11. The summed E-state index contributed by atoms with van der Waals surface area (Å²) in [6, 6.07) is 7.07. The predicted molar refractivity (Wildman–Crippen MR) is 47.3 cm³/mol. The van der Waals surface area contributed by atoms with Crippen LogP contribution in [0.5, 0.6) is 0 Å². The molecule has 0 spiro atoms. The van der Waals surface area contributed by atoms with Crippen molar-refractivity contribution in [3.8, 4) is 0 Å². The van der Waals surface area contributed by atoms with Crippen LogP contribution >= 0.6 is 0 Å². The normalized spacial score (nSPS) is 15.3. The summed E-state index contributed by atoms with van der Waals surface area (Å²) in [6.45, 7) is 0. The molecule has 1 aliphatic carbocycles. The maximum absolute atomic E-state index is 10.5. The van der Waals surface area contributed by atoms with Gasteiger partial charge in [0.2, 0.25) is 0 Å². The van der Waals surface area contributed by atoms with E-state index in [4.69, 9.17) is 0 Å². The van der Waals surface area contributed by atoms with Gasteiger partial charge in [0.05, 0.1) is 0 Å². The molecule has 0 aliphatic heterocycles. The molecule has 1 nitrogen and oxygen atoms in total. The highest BCUT2D eigenvalue weighted by Gasteiger charge is 2.08. The van der Waals surface area contributed by atoms with Crippen LogP contribution in [0.4, 0.5) is 0 Å². The average molecular weight is 159 g/mol. The van der Waals surface area contributed by atoms with Crippen molar-refractivity contribution in [3.05, 3.63) is 34.9 Å². The molecule has 2 rings (SSSR count). The van der Waals surface area contributed by atoms with Gasteiger partial charge < -0.3 is 0 Å². The molecule has 0 saturated heterocycles. The Morgan fingerprint density at radius 2 is 2.08 bits per heavy atom. The van der Waals surface area contributed by atoms with E-state index < -0.39 is 0 Å². The standard InChI is InChI=1S/C11H11O/c12-8-9-5-6-10-3-1-2-4-11(10)7-9/h5-6,8H,1-4H2. The van der Waals surface area contributed by atoms with Gasteiger partial charge in [-0.05, 0) is 42.9 Å². The molecule has 12 heavy (non-hydrogen) atoms. The molecule has 0 atom stereocenters. The summed E-state index contributed by atoms with van der Waals surface area (Å²) < 4.78 is 0. The van der Waals surface area contributed by atoms with Crippen LogP contribution in [-0.4, -0.2) is 6.29 Å². The minimum Gasteiger partial charge on any atom is -0.298 e. The molecule has 1 aromatic rings. The third-order valence-electron chi connectivity index (χ3n) is 2.40. The molecule has 1 heteroatoms. The van der Waals surface area contributed by atoms with Gasteiger partial charge >= 0.3 is 0 Å². The molecule has 0 unspecified atom stereocenters. The van der Waals surface area contributed by atoms with E-state index in [2.05, 4.69) is 12.1 Å². The minimum absolute atomic E-state index is 0.690. The molecule has 0 N–H and O–H groups in total. The lowest BCUT2D eigenvalue weighted by Gasteiger charge is -2.14. The zero-order chi connectivity index (χ0) is 8.39. The van der Waals surface area contributed by atoms with Gasteiger partial charge in [-0.2, -0.15) is 0 Å². The topological polar surface area (TPSA) is 17.1 Å². The average Bonchev–Trinajstić information content (AvgIpc) is 2.17. The first-order chi connectivity index (χ1) is 5.90. The monoisotopic (exact) mass is 159 g/mol. The zero-order valence-electron chi connectivity index (χ0n) is 6.97. The Labute approximate surface area is 72.4 Å². The van der Waals surface area contributed by atoms with E-state index in [1.165, 1.54) is 24.0 Å². The summed E-state index contributed by atoms with van der Waals surface area (Å²) >= 11 is 0. The predicted octanol–water partition coefficient (Wildman–Crippen LogP) is 2.18. The van der Waals surface area contributed by atoms with Gasteiger partial charge in [0, 0.05) is 5.56 Å². The molecule has 0 heterocycles. The molecule has 0 saturated carbocycles. The van der Waals surface area contributed by atoms with E-state index in [1.54, 1.807) is 0 Å². The third kappa shape index (κ3) is 1.27. The molecule has 0 fully saturated rings. The number of rotatable bonds is 1. The van der Waals surface area contributed by atoms with Crippen LogP contribution in [0, 0.1) is 6.07 Å². The van der Waals surface area contributed by atoms with Crippen LogP contribution < -0.4 is 0 Å². The van der Waals surface area contributed by atoms with Crippen molar-refractivity contribution in [2.75, 3.05) is 0 Å². The number of hydrogen-bond donors (Lipinski definition) is 0. The highest BCUT2D eigenvalue weighted by molar-refractivity contribution is 5.74. The lowest BCUT2D eigenvalue weighted by molar-refractivity contribution is 0.112. The first-order valence-corrected chi connectivity index (χ1v) is 4.39. The number of hydrogen-bond acceptors (Lipinski definition) is 1. The molecular weight excluding hydrogens is 148 g/mol. The van der Waals surface area contributed by atoms with Gasteiger partial charge in [0.15, 0.2) is 6.29 Å². The SMILES string of the molecule is O=Cc1[c]c2c(cc1)CCCC2. The van der Waals surface area contributed by atoms with Crippen molar-refractivity contribution in [1.82, 2.24) is 0 Å². The fraction of sp³-hybridized carbons (Fsp3) is 0.364. The third-order valence-corrected chi connectivity index (χ3v) is 2.40. The lowest BCUT2D eigenvalue weighted by Crippen LogP contribution is -2.03. The Kier molecular flexibility index (Phi) is 1.94. The summed E-state index contributed by atoms with van der Waals surface area (Å²) in [5.74, 6) is 0. The summed E-state index contributed by atoms with van der Waals surface area (Å²) in [7, 11) is 0. The van der Waals surface area contributed by atoms with Gasteiger partial charge in [-0.1, -0.05) is 12.1 Å². The number of benzene rings is 1. The summed E-state index contributed by atoms with van der Waals surface area (Å²) in [4.78, 5) is 10.5. The van der Waals surface area contributed by atoms with Crippen molar-refractivity contribution in [3.63, 3.8) is 0 Å². The zero-order valence-corrected chi connectivity index (χ0v) is 6.97. The molecule has 0 bridgehead atoms. The minimum atomic E-state index is 0.690. The second-order valence-corrected chi connectivity index (χ2v) is 3.24. The Balaban J connectivity index is 2.42. The van der Waals surface area contributed by atoms with Crippen LogP contribution in [0.3, 0.4) is 0 Å². The van der Waals surface area contributed by atoms with Gasteiger partial charge in [-0.3, -0.25) is 4.79 Å². The van der Waals surface area contributed by atoms with E-state index in [-0.39, 0.29) is 0 Å². The first kappa shape index (κ1) is 7.53. The highest BCUT2D eigenvalue weighted by atomic mass is 16.1. The molecule has 61 valence electrons. The van der Waals surface area contributed by atoms with Gasteiger partial charge in [0.1, 0.15) is 0 Å². The summed E-state index contributed by atoms with van der Waals surface area (Å²) in [5, 5.41) is 0. The second kappa shape index (κ2) is 3.10. The summed E-state index contributed by atoms with van der Waals surface area (Å²) in [5.41, 5.74) is 3.33. The van der Waals surface area contributed by atoms with Crippen molar-refractivity contribution < 1.29 is 4.79 Å². The molecule has 1 aromatic carbocycles. The maximum atomic E-state index is 10.5.